The highest BCUT2D eigenvalue weighted by Gasteiger charge is 2.06. The minimum atomic E-state index is 0.833. The minimum absolute atomic E-state index is 0.833. The van der Waals surface area contributed by atoms with Crippen molar-refractivity contribution in [3.63, 3.8) is 0 Å². The minimum Gasteiger partial charge on any atom is -0.375 e. The van der Waals surface area contributed by atoms with E-state index in [1.807, 2.05) is 11.8 Å². The molecule has 0 atom stereocenters. The second-order valence-corrected chi connectivity index (χ2v) is 4.71. The van der Waals surface area contributed by atoms with Gasteiger partial charge in [-0.15, -0.1) is 11.8 Å². The number of hydrogen-bond donors (Lipinski definition) is 1. The molecule has 1 aliphatic heterocycles. The van der Waals surface area contributed by atoms with Crippen LogP contribution >= 0.6 is 11.8 Å². The van der Waals surface area contributed by atoms with E-state index in [1.54, 1.807) is 0 Å². The number of para-hydroxylation sites is 1. The zero-order valence-electron chi connectivity index (χ0n) is 8.50. The summed E-state index contributed by atoms with van der Waals surface area (Å²) in [5.74, 6) is 1.86. The maximum Gasteiger partial charge on any atom is 0.0658 e. The fraction of sp³-hybridized carbons (Fsp3) is 0.455. The lowest BCUT2D eigenvalue weighted by molar-refractivity contribution is 0.737. The van der Waals surface area contributed by atoms with Gasteiger partial charge in [0.15, 0.2) is 0 Å². The maximum atomic E-state index is 3.26. The molecule has 0 aromatic heterocycles. The van der Waals surface area contributed by atoms with Gasteiger partial charge < -0.3 is 5.32 Å². The van der Waals surface area contributed by atoms with Crippen LogP contribution in [-0.2, 0) is 0 Å². The first-order valence-electron chi connectivity index (χ1n) is 4.66. The Morgan fingerprint density at radius 3 is 2.46 bits per heavy atom. The summed E-state index contributed by atoms with van der Waals surface area (Å²) in [7, 11) is 0. The van der Waals surface area contributed by atoms with Crippen molar-refractivity contribution >= 4 is 17.4 Å². The molecule has 0 unspecified atom stereocenters. The molecule has 0 saturated carbocycles. The van der Waals surface area contributed by atoms with Crippen molar-refractivity contribution < 1.29 is 0 Å². The molecule has 0 radical (unpaired) electrons. The zero-order chi connectivity index (χ0) is 9.68. The van der Waals surface area contributed by atoms with Crippen LogP contribution < -0.4 is 5.32 Å². The van der Waals surface area contributed by atoms with E-state index < -0.39 is 0 Å². The predicted octanol–water partition coefficient (Wildman–Crippen LogP) is 3.82. The smallest absolute Gasteiger partial charge is 0.0658 e. The maximum absolute atomic E-state index is 3.26. The van der Waals surface area contributed by atoms with Gasteiger partial charge in [0.05, 0.1) is 5.88 Å². The molecule has 0 saturated heterocycles. The Morgan fingerprint density at radius 2 is 1.85 bits per heavy atom. The predicted molar refractivity (Wildman–Crippen MR) is 61.3 cm³/mol. The molecule has 1 heterocycles. The van der Waals surface area contributed by atoms with Crippen LogP contribution in [-0.4, -0.2) is 5.88 Å². The van der Waals surface area contributed by atoms with Gasteiger partial charge in [-0.05, 0) is 18.1 Å². The van der Waals surface area contributed by atoms with E-state index in [4.69, 9.17) is 0 Å². The molecular weight excluding hydrogens is 178 g/mol. The molecular formula is C11H17NS. The third-order valence-electron chi connectivity index (χ3n) is 1.38. The molecule has 0 aliphatic carbocycles. The average molecular weight is 195 g/mol. The highest BCUT2D eigenvalue weighted by atomic mass is 32.2. The molecule has 0 spiro atoms. The average Bonchev–Trinajstić information content (AvgIpc) is 2.49. The summed E-state index contributed by atoms with van der Waals surface area (Å²) in [6.07, 6.45) is 0. The van der Waals surface area contributed by atoms with Gasteiger partial charge in [-0.25, -0.2) is 0 Å². The lowest BCUT2D eigenvalue weighted by Gasteiger charge is -1.92. The van der Waals surface area contributed by atoms with Crippen molar-refractivity contribution in [2.45, 2.75) is 25.7 Å². The number of nitrogens with one attached hydrogen (secondary N) is 1. The number of fused-ring (bicyclic) bond motifs is 1. The van der Waals surface area contributed by atoms with E-state index in [9.17, 15) is 0 Å². The van der Waals surface area contributed by atoms with E-state index in [2.05, 4.69) is 50.4 Å². The molecule has 2 heteroatoms. The molecule has 1 aromatic carbocycles. The third kappa shape index (κ3) is 3.73. The Labute approximate surface area is 84.9 Å². The van der Waals surface area contributed by atoms with Gasteiger partial charge in [0, 0.05) is 10.6 Å². The SMILES string of the molecule is CC(C)C.c1ccc2c(c1)NCS2. The number of hydrogen-bond acceptors (Lipinski definition) is 2. The van der Waals surface area contributed by atoms with E-state index >= 15 is 0 Å². The van der Waals surface area contributed by atoms with Crippen LogP contribution in [0.1, 0.15) is 20.8 Å². The van der Waals surface area contributed by atoms with Gasteiger partial charge in [0.2, 0.25) is 0 Å². The van der Waals surface area contributed by atoms with Crippen LogP contribution in [0.4, 0.5) is 5.69 Å². The molecule has 2 rings (SSSR count). The number of benzene rings is 1. The summed E-state index contributed by atoms with van der Waals surface area (Å²) in [4.78, 5) is 1.37. The summed E-state index contributed by atoms with van der Waals surface area (Å²) in [5, 5.41) is 3.26. The molecule has 1 aromatic rings. The normalized spacial score (nSPS) is 12.9. The highest BCUT2D eigenvalue weighted by molar-refractivity contribution is 7.99. The largest absolute Gasteiger partial charge is 0.375 e. The van der Waals surface area contributed by atoms with E-state index in [0.717, 1.165) is 11.8 Å². The topological polar surface area (TPSA) is 12.0 Å². The molecule has 0 fully saturated rings. The van der Waals surface area contributed by atoms with Crippen LogP contribution in [0.15, 0.2) is 29.2 Å². The Kier molecular flexibility index (Phi) is 4.16. The van der Waals surface area contributed by atoms with Crippen molar-refractivity contribution in [1.29, 1.82) is 0 Å². The highest BCUT2D eigenvalue weighted by Crippen LogP contribution is 2.32. The van der Waals surface area contributed by atoms with Crippen LogP contribution in [0.5, 0.6) is 0 Å². The van der Waals surface area contributed by atoms with Gasteiger partial charge in [-0.3, -0.25) is 0 Å². The first-order valence-corrected chi connectivity index (χ1v) is 5.64. The molecule has 1 aliphatic rings. The zero-order valence-corrected chi connectivity index (χ0v) is 9.32. The number of thioether (sulfide) groups is 1. The number of anilines is 1. The Balaban J connectivity index is 0.000000184. The summed E-state index contributed by atoms with van der Waals surface area (Å²) in [6.45, 7) is 6.50. The first-order chi connectivity index (χ1) is 6.20. The summed E-state index contributed by atoms with van der Waals surface area (Å²) in [6, 6.07) is 8.37. The molecule has 13 heavy (non-hydrogen) atoms. The summed E-state index contributed by atoms with van der Waals surface area (Å²) in [5.41, 5.74) is 1.28. The Bertz CT molecular complexity index is 232. The molecule has 72 valence electrons. The molecule has 0 amide bonds. The van der Waals surface area contributed by atoms with Gasteiger partial charge in [0.25, 0.3) is 0 Å². The van der Waals surface area contributed by atoms with Gasteiger partial charge in [-0.1, -0.05) is 32.9 Å². The Hall–Kier alpha value is -0.630. The fourth-order valence-electron chi connectivity index (χ4n) is 0.930. The first kappa shape index (κ1) is 10.5. The number of rotatable bonds is 0. The quantitative estimate of drug-likeness (QED) is 0.675. The Morgan fingerprint density at radius 1 is 1.23 bits per heavy atom. The van der Waals surface area contributed by atoms with E-state index in [1.165, 1.54) is 10.6 Å². The van der Waals surface area contributed by atoms with Crippen LogP contribution in [0.3, 0.4) is 0 Å². The van der Waals surface area contributed by atoms with Gasteiger partial charge >= 0.3 is 0 Å². The third-order valence-corrected chi connectivity index (χ3v) is 2.33. The molecule has 1 N–H and O–H groups in total. The van der Waals surface area contributed by atoms with Crippen molar-refractivity contribution in [2.75, 3.05) is 11.2 Å². The van der Waals surface area contributed by atoms with E-state index in [-0.39, 0.29) is 0 Å². The van der Waals surface area contributed by atoms with Crippen LogP contribution in [0.2, 0.25) is 0 Å². The summed E-state index contributed by atoms with van der Waals surface area (Å²) >= 11 is 1.86. The van der Waals surface area contributed by atoms with Crippen molar-refractivity contribution in [1.82, 2.24) is 0 Å². The van der Waals surface area contributed by atoms with Crippen molar-refractivity contribution in [3.05, 3.63) is 24.3 Å². The molecule has 0 bridgehead atoms. The van der Waals surface area contributed by atoms with Crippen molar-refractivity contribution in [3.8, 4) is 0 Å². The monoisotopic (exact) mass is 195 g/mol. The molecule has 1 nitrogen and oxygen atoms in total. The van der Waals surface area contributed by atoms with Gasteiger partial charge in [0.1, 0.15) is 0 Å². The van der Waals surface area contributed by atoms with Crippen molar-refractivity contribution in [2.24, 2.45) is 5.92 Å². The van der Waals surface area contributed by atoms with Gasteiger partial charge in [-0.2, -0.15) is 0 Å². The summed E-state index contributed by atoms with van der Waals surface area (Å²) < 4.78 is 0. The lowest BCUT2D eigenvalue weighted by Crippen LogP contribution is -1.86. The van der Waals surface area contributed by atoms with Crippen LogP contribution in [0, 0.1) is 5.92 Å². The van der Waals surface area contributed by atoms with Crippen LogP contribution in [0.25, 0.3) is 0 Å². The van der Waals surface area contributed by atoms with E-state index in [0.29, 0.717) is 0 Å². The standard InChI is InChI=1S/C7H7NS.C4H10/c1-2-4-7-6(3-1)8-5-9-7;1-4(2)3/h1-4,8H,5H2;4H,1-3H3. The second kappa shape index (κ2) is 5.18. The second-order valence-electron chi connectivity index (χ2n) is 3.69. The fourth-order valence-corrected chi connectivity index (χ4v) is 1.78. The lowest BCUT2D eigenvalue weighted by atomic mass is 10.3.